The number of ether oxygens (including phenoxy) is 1. The number of hydrogen-bond acceptors (Lipinski definition) is 3. The topological polar surface area (TPSA) is 67.0 Å². The molecule has 1 amide bonds. The highest BCUT2D eigenvalue weighted by atomic mass is 16.5. The number of rotatable bonds is 3. The van der Waals surface area contributed by atoms with Crippen molar-refractivity contribution >= 4 is 22.5 Å². The maximum Gasteiger partial charge on any atom is 0.224 e. The molecule has 0 unspecified atom stereocenters. The number of fused-ring (bicyclic) bond motifs is 1. The molecular formula is C14H17N3O2. The van der Waals surface area contributed by atoms with Crippen molar-refractivity contribution in [3.63, 3.8) is 0 Å². The lowest BCUT2D eigenvalue weighted by molar-refractivity contribution is -0.117. The number of aromatic amines is 1. The van der Waals surface area contributed by atoms with Crippen LogP contribution in [0.15, 0.2) is 24.4 Å². The third kappa shape index (κ3) is 2.93. The molecule has 3 rings (SSSR count). The van der Waals surface area contributed by atoms with E-state index in [2.05, 4.69) is 15.5 Å². The zero-order chi connectivity index (χ0) is 13.1. The van der Waals surface area contributed by atoms with Gasteiger partial charge in [-0.1, -0.05) is 0 Å². The van der Waals surface area contributed by atoms with E-state index in [0.29, 0.717) is 12.3 Å². The lowest BCUT2D eigenvalue weighted by Gasteiger charge is -2.21. The summed E-state index contributed by atoms with van der Waals surface area (Å²) in [5.74, 6) is 0.524. The van der Waals surface area contributed by atoms with E-state index in [-0.39, 0.29) is 5.91 Å². The number of benzene rings is 1. The summed E-state index contributed by atoms with van der Waals surface area (Å²) in [6.45, 7) is 1.55. The third-order valence-corrected chi connectivity index (χ3v) is 3.54. The molecule has 5 heteroatoms. The Kier molecular flexibility index (Phi) is 3.46. The van der Waals surface area contributed by atoms with Crippen LogP contribution in [0.3, 0.4) is 0 Å². The van der Waals surface area contributed by atoms with Gasteiger partial charge in [0.05, 0.1) is 11.7 Å². The predicted octanol–water partition coefficient (Wildman–Crippen LogP) is 2.32. The molecule has 100 valence electrons. The Morgan fingerprint density at radius 2 is 2.26 bits per heavy atom. The van der Waals surface area contributed by atoms with Crippen molar-refractivity contribution in [1.82, 2.24) is 10.2 Å². The normalized spacial score (nSPS) is 16.6. The standard InChI is InChI=1S/C14H17N3O2/c18-14(7-10-3-5-19-6-4-10)16-12-2-1-11-9-15-17-13(11)8-12/h1-2,8-10H,3-7H2,(H,15,17)(H,16,18). The summed E-state index contributed by atoms with van der Waals surface area (Å²) in [7, 11) is 0. The van der Waals surface area contributed by atoms with Crippen molar-refractivity contribution in [2.24, 2.45) is 5.92 Å². The molecule has 1 saturated heterocycles. The average Bonchev–Trinajstić information content (AvgIpc) is 2.87. The van der Waals surface area contributed by atoms with Crippen molar-refractivity contribution in [2.45, 2.75) is 19.3 Å². The fourth-order valence-electron chi connectivity index (χ4n) is 2.44. The van der Waals surface area contributed by atoms with Gasteiger partial charge in [-0.2, -0.15) is 5.10 Å². The second-order valence-electron chi connectivity index (χ2n) is 4.98. The summed E-state index contributed by atoms with van der Waals surface area (Å²) >= 11 is 0. The molecule has 0 aliphatic carbocycles. The Morgan fingerprint density at radius 1 is 1.42 bits per heavy atom. The van der Waals surface area contributed by atoms with Crippen LogP contribution in [0.1, 0.15) is 19.3 Å². The molecule has 0 spiro atoms. The van der Waals surface area contributed by atoms with E-state index < -0.39 is 0 Å². The minimum Gasteiger partial charge on any atom is -0.381 e. The molecule has 1 aliphatic heterocycles. The third-order valence-electron chi connectivity index (χ3n) is 3.54. The van der Waals surface area contributed by atoms with E-state index in [1.54, 1.807) is 6.20 Å². The van der Waals surface area contributed by atoms with E-state index in [1.165, 1.54) is 0 Å². The molecule has 1 aliphatic rings. The number of aromatic nitrogens is 2. The Hall–Kier alpha value is -1.88. The summed E-state index contributed by atoms with van der Waals surface area (Å²) in [5, 5.41) is 10.8. The van der Waals surface area contributed by atoms with Crippen molar-refractivity contribution in [3.8, 4) is 0 Å². The highest BCUT2D eigenvalue weighted by molar-refractivity contribution is 5.93. The van der Waals surface area contributed by atoms with Gasteiger partial charge in [-0.05, 0) is 37.0 Å². The zero-order valence-corrected chi connectivity index (χ0v) is 10.7. The molecule has 2 N–H and O–H groups in total. The highest BCUT2D eigenvalue weighted by Gasteiger charge is 2.17. The monoisotopic (exact) mass is 259 g/mol. The first-order chi connectivity index (χ1) is 9.31. The van der Waals surface area contributed by atoms with Crippen LogP contribution in [0.5, 0.6) is 0 Å². The van der Waals surface area contributed by atoms with E-state index in [4.69, 9.17) is 4.74 Å². The van der Waals surface area contributed by atoms with Gasteiger partial charge in [0.2, 0.25) is 5.91 Å². The molecule has 1 aromatic heterocycles. The van der Waals surface area contributed by atoms with Crippen LogP contribution in [0.4, 0.5) is 5.69 Å². The number of carbonyl (C=O) groups is 1. The van der Waals surface area contributed by atoms with Gasteiger partial charge in [0.25, 0.3) is 0 Å². The van der Waals surface area contributed by atoms with Gasteiger partial charge in [-0.3, -0.25) is 9.89 Å². The van der Waals surface area contributed by atoms with E-state index >= 15 is 0 Å². The van der Waals surface area contributed by atoms with E-state index in [0.717, 1.165) is 42.6 Å². The van der Waals surface area contributed by atoms with Crippen LogP contribution >= 0.6 is 0 Å². The Morgan fingerprint density at radius 3 is 3.11 bits per heavy atom. The zero-order valence-electron chi connectivity index (χ0n) is 10.7. The molecular weight excluding hydrogens is 242 g/mol. The van der Waals surface area contributed by atoms with Crippen LogP contribution in [0, 0.1) is 5.92 Å². The van der Waals surface area contributed by atoms with Crippen LogP contribution in [0.25, 0.3) is 10.9 Å². The Labute approximate surface area is 111 Å². The maximum absolute atomic E-state index is 12.0. The van der Waals surface area contributed by atoms with Gasteiger partial charge in [-0.15, -0.1) is 0 Å². The first-order valence-electron chi connectivity index (χ1n) is 6.62. The summed E-state index contributed by atoms with van der Waals surface area (Å²) in [6, 6.07) is 5.76. The molecule has 0 radical (unpaired) electrons. The molecule has 0 saturated carbocycles. The van der Waals surface area contributed by atoms with Crippen molar-refractivity contribution < 1.29 is 9.53 Å². The SMILES string of the molecule is O=C(CC1CCOCC1)Nc1ccc2cn[nH]c2c1. The molecule has 1 fully saturated rings. The fourth-order valence-corrected chi connectivity index (χ4v) is 2.44. The highest BCUT2D eigenvalue weighted by Crippen LogP contribution is 2.20. The van der Waals surface area contributed by atoms with E-state index in [9.17, 15) is 4.79 Å². The number of anilines is 1. The van der Waals surface area contributed by atoms with Gasteiger partial charge < -0.3 is 10.1 Å². The van der Waals surface area contributed by atoms with Gasteiger partial charge >= 0.3 is 0 Å². The van der Waals surface area contributed by atoms with Crippen molar-refractivity contribution in [1.29, 1.82) is 0 Å². The van der Waals surface area contributed by atoms with Crippen molar-refractivity contribution in [3.05, 3.63) is 24.4 Å². The molecule has 2 aromatic rings. The average molecular weight is 259 g/mol. The van der Waals surface area contributed by atoms with Gasteiger partial charge in [0.1, 0.15) is 0 Å². The largest absolute Gasteiger partial charge is 0.381 e. The quantitative estimate of drug-likeness (QED) is 0.889. The van der Waals surface area contributed by atoms with Gasteiger partial charge in [-0.25, -0.2) is 0 Å². The molecule has 0 bridgehead atoms. The predicted molar refractivity (Wildman–Crippen MR) is 72.9 cm³/mol. The van der Waals surface area contributed by atoms with Crippen LogP contribution < -0.4 is 5.32 Å². The minimum atomic E-state index is 0.0748. The first kappa shape index (κ1) is 12.2. The number of H-pyrrole nitrogens is 1. The molecule has 19 heavy (non-hydrogen) atoms. The fraction of sp³-hybridized carbons (Fsp3) is 0.429. The molecule has 2 heterocycles. The summed E-state index contributed by atoms with van der Waals surface area (Å²) < 4.78 is 5.30. The van der Waals surface area contributed by atoms with Gasteiger partial charge in [0, 0.05) is 30.7 Å². The number of hydrogen-bond donors (Lipinski definition) is 2. The maximum atomic E-state index is 12.0. The number of amides is 1. The lowest BCUT2D eigenvalue weighted by Crippen LogP contribution is -2.22. The van der Waals surface area contributed by atoms with Gasteiger partial charge in [0.15, 0.2) is 0 Å². The molecule has 5 nitrogen and oxygen atoms in total. The Balaban J connectivity index is 1.61. The number of nitrogens with one attached hydrogen (secondary N) is 2. The summed E-state index contributed by atoms with van der Waals surface area (Å²) in [6.07, 6.45) is 4.30. The molecule has 0 atom stereocenters. The van der Waals surface area contributed by atoms with Crippen LogP contribution in [-0.4, -0.2) is 29.3 Å². The number of carbonyl (C=O) groups excluding carboxylic acids is 1. The smallest absolute Gasteiger partial charge is 0.224 e. The van der Waals surface area contributed by atoms with Crippen LogP contribution in [-0.2, 0) is 9.53 Å². The first-order valence-corrected chi connectivity index (χ1v) is 6.62. The second kappa shape index (κ2) is 5.40. The number of nitrogens with zero attached hydrogens (tertiary/aromatic N) is 1. The van der Waals surface area contributed by atoms with Crippen LogP contribution in [0.2, 0.25) is 0 Å². The van der Waals surface area contributed by atoms with E-state index in [1.807, 2.05) is 18.2 Å². The Bertz CT molecular complexity index is 573. The summed E-state index contributed by atoms with van der Waals surface area (Å²) in [4.78, 5) is 12.0. The minimum absolute atomic E-state index is 0.0748. The molecule has 1 aromatic carbocycles. The summed E-state index contributed by atoms with van der Waals surface area (Å²) in [5.41, 5.74) is 1.75. The lowest BCUT2D eigenvalue weighted by atomic mass is 9.96. The second-order valence-corrected chi connectivity index (χ2v) is 4.98. The van der Waals surface area contributed by atoms with Crippen molar-refractivity contribution in [2.75, 3.05) is 18.5 Å².